The van der Waals surface area contributed by atoms with E-state index in [1.54, 1.807) is 18.3 Å². The maximum atomic E-state index is 9.16. The fourth-order valence-corrected chi connectivity index (χ4v) is 2.14. The molecular formula is C16H10N2. The summed E-state index contributed by atoms with van der Waals surface area (Å²) >= 11 is 0. The number of pyridine rings is 1. The molecule has 1 heterocycles. The molecule has 2 nitrogen and oxygen atoms in total. The largest absolute Gasteiger partial charge is 0.255 e. The van der Waals surface area contributed by atoms with Gasteiger partial charge in [0.25, 0.3) is 0 Å². The molecule has 0 bridgehead atoms. The van der Waals surface area contributed by atoms with Crippen molar-refractivity contribution in [2.24, 2.45) is 0 Å². The van der Waals surface area contributed by atoms with Crippen LogP contribution in [0.3, 0.4) is 0 Å². The van der Waals surface area contributed by atoms with E-state index in [1.165, 1.54) is 0 Å². The number of rotatable bonds is 1. The first-order valence-electron chi connectivity index (χ1n) is 5.73. The van der Waals surface area contributed by atoms with Gasteiger partial charge in [0.15, 0.2) is 0 Å². The summed E-state index contributed by atoms with van der Waals surface area (Å²) in [6.45, 7) is 0. The average Bonchev–Trinajstić information content (AvgIpc) is 2.46. The Bertz CT molecular complexity index is 749. The SMILES string of the molecule is N#Cc1cccnc1-c1cccc2ccccc12. The summed E-state index contributed by atoms with van der Waals surface area (Å²) in [4.78, 5) is 4.35. The highest BCUT2D eigenvalue weighted by Crippen LogP contribution is 2.28. The van der Waals surface area contributed by atoms with E-state index in [-0.39, 0.29) is 0 Å². The summed E-state index contributed by atoms with van der Waals surface area (Å²) < 4.78 is 0. The van der Waals surface area contributed by atoms with E-state index in [9.17, 15) is 0 Å². The van der Waals surface area contributed by atoms with Gasteiger partial charge < -0.3 is 0 Å². The van der Waals surface area contributed by atoms with Gasteiger partial charge in [-0.05, 0) is 22.9 Å². The molecule has 2 aromatic carbocycles. The van der Waals surface area contributed by atoms with Crippen LogP contribution in [0.4, 0.5) is 0 Å². The van der Waals surface area contributed by atoms with Crippen molar-refractivity contribution in [1.29, 1.82) is 5.26 Å². The number of nitriles is 1. The van der Waals surface area contributed by atoms with E-state index in [0.717, 1.165) is 22.0 Å². The highest BCUT2D eigenvalue weighted by atomic mass is 14.7. The number of hydrogen-bond donors (Lipinski definition) is 0. The predicted octanol–water partition coefficient (Wildman–Crippen LogP) is 3.77. The minimum atomic E-state index is 0.605. The fourth-order valence-electron chi connectivity index (χ4n) is 2.14. The standard InChI is InChI=1S/C16H10N2/c17-11-13-7-4-10-18-16(13)15-9-3-6-12-5-1-2-8-14(12)15/h1-10H. The molecule has 0 N–H and O–H groups in total. The second-order valence-electron chi connectivity index (χ2n) is 4.04. The van der Waals surface area contributed by atoms with Crippen molar-refractivity contribution in [3.8, 4) is 17.3 Å². The number of hydrogen-bond acceptors (Lipinski definition) is 2. The highest BCUT2D eigenvalue weighted by molar-refractivity contribution is 5.96. The van der Waals surface area contributed by atoms with Crippen molar-refractivity contribution in [1.82, 2.24) is 4.98 Å². The number of benzene rings is 2. The molecular weight excluding hydrogens is 220 g/mol. The van der Waals surface area contributed by atoms with Crippen LogP contribution in [0, 0.1) is 11.3 Å². The van der Waals surface area contributed by atoms with Crippen LogP contribution in [0.1, 0.15) is 5.56 Å². The molecule has 84 valence electrons. The van der Waals surface area contributed by atoms with Crippen molar-refractivity contribution < 1.29 is 0 Å². The maximum Gasteiger partial charge on any atom is 0.101 e. The molecule has 0 saturated heterocycles. The summed E-state index contributed by atoms with van der Waals surface area (Å²) in [7, 11) is 0. The van der Waals surface area contributed by atoms with Crippen LogP contribution in [-0.4, -0.2) is 4.98 Å². The summed E-state index contributed by atoms with van der Waals surface area (Å²) in [5, 5.41) is 11.4. The van der Waals surface area contributed by atoms with Gasteiger partial charge in [0, 0.05) is 11.8 Å². The summed E-state index contributed by atoms with van der Waals surface area (Å²) in [5.41, 5.74) is 2.36. The lowest BCUT2D eigenvalue weighted by molar-refractivity contribution is 1.31. The fraction of sp³-hybridized carbons (Fsp3) is 0. The van der Waals surface area contributed by atoms with Crippen LogP contribution < -0.4 is 0 Å². The van der Waals surface area contributed by atoms with Gasteiger partial charge in [-0.15, -0.1) is 0 Å². The zero-order valence-corrected chi connectivity index (χ0v) is 9.67. The average molecular weight is 230 g/mol. The van der Waals surface area contributed by atoms with Crippen LogP contribution >= 0.6 is 0 Å². The molecule has 0 fully saturated rings. The maximum absolute atomic E-state index is 9.16. The first kappa shape index (κ1) is 10.5. The first-order valence-corrected chi connectivity index (χ1v) is 5.73. The Kier molecular flexibility index (Phi) is 2.51. The molecule has 2 heteroatoms. The van der Waals surface area contributed by atoms with Gasteiger partial charge in [-0.25, -0.2) is 0 Å². The predicted molar refractivity (Wildman–Crippen MR) is 71.9 cm³/mol. The molecule has 0 aliphatic carbocycles. The first-order chi connectivity index (χ1) is 8.90. The molecule has 0 amide bonds. The quantitative estimate of drug-likeness (QED) is 0.638. The van der Waals surface area contributed by atoms with E-state index in [4.69, 9.17) is 5.26 Å². The minimum absolute atomic E-state index is 0.605. The molecule has 0 aliphatic rings. The van der Waals surface area contributed by atoms with Gasteiger partial charge in [-0.3, -0.25) is 4.98 Å². The zero-order valence-electron chi connectivity index (χ0n) is 9.67. The molecule has 0 radical (unpaired) electrons. The Morgan fingerprint density at radius 3 is 2.61 bits per heavy atom. The third-order valence-electron chi connectivity index (χ3n) is 2.97. The highest BCUT2D eigenvalue weighted by Gasteiger charge is 2.08. The number of aromatic nitrogens is 1. The lowest BCUT2D eigenvalue weighted by Gasteiger charge is -2.07. The second kappa shape index (κ2) is 4.31. The Labute approximate surface area is 105 Å². The molecule has 1 aromatic heterocycles. The molecule has 18 heavy (non-hydrogen) atoms. The molecule has 3 rings (SSSR count). The van der Waals surface area contributed by atoms with Crippen LogP contribution in [0.2, 0.25) is 0 Å². The molecule has 0 unspecified atom stereocenters. The Morgan fingerprint density at radius 2 is 1.72 bits per heavy atom. The van der Waals surface area contributed by atoms with Crippen molar-refractivity contribution in [2.45, 2.75) is 0 Å². The van der Waals surface area contributed by atoms with Crippen molar-refractivity contribution in [2.75, 3.05) is 0 Å². The van der Waals surface area contributed by atoms with Gasteiger partial charge in [0.05, 0.1) is 11.3 Å². The topological polar surface area (TPSA) is 36.7 Å². The van der Waals surface area contributed by atoms with E-state index in [2.05, 4.69) is 29.3 Å². The smallest absolute Gasteiger partial charge is 0.101 e. The Hall–Kier alpha value is -2.66. The lowest BCUT2D eigenvalue weighted by atomic mass is 9.99. The van der Waals surface area contributed by atoms with Gasteiger partial charge in [-0.2, -0.15) is 5.26 Å². The van der Waals surface area contributed by atoms with Gasteiger partial charge in [0.2, 0.25) is 0 Å². The van der Waals surface area contributed by atoms with E-state index >= 15 is 0 Å². The third-order valence-corrected chi connectivity index (χ3v) is 2.97. The van der Waals surface area contributed by atoms with E-state index < -0.39 is 0 Å². The van der Waals surface area contributed by atoms with Gasteiger partial charge in [-0.1, -0.05) is 42.5 Å². The Morgan fingerprint density at radius 1 is 0.889 bits per heavy atom. The monoisotopic (exact) mass is 230 g/mol. The summed E-state index contributed by atoms with van der Waals surface area (Å²) in [5.74, 6) is 0. The molecule has 0 saturated carbocycles. The molecule has 3 aromatic rings. The second-order valence-corrected chi connectivity index (χ2v) is 4.04. The van der Waals surface area contributed by atoms with Crippen LogP contribution in [0.25, 0.3) is 22.0 Å². The molecule has 0 aliphatic heterocycles. The van der Waals surface area contributed by atoms with Crippen molar-refractivity contribution in [3.63, 3.8) is 0 Å². The molecule has 0 atom stereocenters. The summed E-state index contributed by atoms with van der Waals surface area (Å²) in [6.07, 6.45) is 1.72. The van der Waals surface area contributed by atoms with Crippen LogP contribution in [0.5, 0.6) is 0 Å². The van der Waals surface area contributed by atoms with Gasteiger partial charge >= 0.3 is 0 Å². The Balaban J connectivity index is 2.36. The van der Waals surface area contributed by atoms with Gasteiger partial charge in [0.1, 0.15) is 6.07 Å². The molecule has 0 spiro atoms. The van der Waals surface area contributed by atoms with E-state index in [1.807, 2.05) is 24.3 Å². The number of fused-ring (bicyclic) bond motifs is 1. The zero-order chi connectivity index (χ0) is 12.4. The number of nitrogens with zero attached hydrogens (tertiary/aromatic N) is 2. The van der Waals surface area contributed by atoms with Crippen molar-refractivity contribution in [3.05, 3.63) is 66.4 Å². The van der Waals surface area contributed by atoms with Crippen LogP contribution in [0.15, 0.2) is 60.8 Å². The van der Waals surface area contributed by atoms with Crippen molar-refractivity contribution >= 4 is 10.8 Å². The van der Waals surface area contributed by atoms with E-state index in [0.29, 0.717) is 5.56 Å². The minimum Gasteiger partial charge on any atom is -0.255 e. The normalized spacial score (nSPS) is 10.2. The third kappa shape index (κ3) is 1.63. The van der Waals surface area contributed by atoms with Crippen LogP contribution in [-0.2, 0) is 0 Å². The lowest BCUT2D eigenvalue weighted by Crippen LogP contribution is -1.89. The summed E-state index contributed by atoms with van der Waals surface area (Å²) in [6, 6.07) is 20.0.